The summed E-state index contributed by atoms with van der Waals surface area (Å²) in [6, 6.07) is 5.02. The number of nitrogens with one attached hydrogen (secondary N) is 2. The fourth-order valence-electron chi connectivity index (χ4n) is 4.07. The SMILES string of the molecule is CN=C(NCCCN1CCCCC1C)NCc1ccnc(N2CCCC2)c1. The number of hydrogen-bond donors (Lipinski definition) is 2. The molecule has 3 rings (SSSR count). The van der Waals surface area contributed by atoms with Gasteiger partial charge in [0.25, 0.3) is 0 Å². The van der Waals surface area contributed by atoms with Crippen LogP contribution in [0, 0.1) is 0 Å². The number of rotatable bonds is 7. The van der Waals surface area contributed by atoms with E-state index >= 15 is 0 Å². The molecule has 0 radical (unpaired) electrons. The molecular weight excluding hydrogens is 336 g/mol. The third-order valence-corrected chi connectivity index (χ3v) is 5.78. The van der Waals surface area contributed by atoms with E-state index in [1.165, 1.54) is 50.8 Å². The van der Waals surface area contributed by atoms with Gasteiger partial charge in [-0.15, -0.1) is 0 Å². The normalized spacial score (nSPS) is 21.5. The molecule has 0 bridgehead atoms. The van der Waals surface area contributed by atoms with Crippen molar-refractivity contribution in [1.29, 1.82) is 0 Å². The number of hydrogen-bond acceptors (Lipinski definition) is 4. The van der Waals surface area contributed by atoms with E-state index in [4.69, 9.17) is 0 Å². The van der Waals surface area contributed by atoms with Crippen LogP contribution in [0.25, 0.3) is 0 Å². The lowest BCUT2D eigenvalue weighted by molar-refractivity contribution is 0.159. The number of likely N-dealkylation sites (tertiary alicyclic amines) is 1. The van der Waals surface area contributed by atoms with Gasteiger partial charge in [0, 0.05) is 52.0 Å². The number of nitrogens with zero attached hydrogens (tertiary/aromatic N) is 4. The average Bonchev–Trinajstić information content (AvgIpc) is 3.24. The topological polar surface area (TPSA) is 55.8 Å². The summed E-state index contributed by atoms with van der Waals surface area (Å²) in [4.78, 5) is 13.9. The lowest BCUT2D eigenvalue weighted by Gasteiger charge is -2.33. The molecule has 1 unspecified atom stereocenters. The number of aromatic nitrogens is 1. The maximum Gasteiger partial charge on any atom is 0.191 e. The average molecular weight is 373 g/mol. The summed E-state index contributed by atoms with van der Waals surface area (Å²) in [6.45, 7) is 8.78. The van der Waals surface area contributed by atoms with Gasteiger partial charge in [0.05, 0.1) is 0 Å². The Kier molecular flexibility index (Phi) is 7.75. The van der Waals surface area contributed by atoms with Gasteiger partial charge in [-0.05, 0) is 63.3 Å². The summed E-state index contributed by atoms with van der Waals surface area (Å²) in [5.41, 5.74) is 1.25. The Hall–Kier alpha value is -1.82. The Labute approximate surface area is 164 Å². The van der Waals surface area contributed by atoms with Crippen LogP contribution in [-0.2, 0) is 6.54 Å². The van der Waals surface area contributed by atoms with E-state index in [0.29, 0.717) is 0 Å². The lowest BCUT2D eigenvalue weighted by atomic mass is 10.0. The summed E-state index contributed by atoms with van der Waals surface area (Å²) in [5.74, 6) is 1.98. The first-order valence-electron chi connectivity index (χ1n) is 10.6. The predicted molar refractivity (Wildman–Crippen MR) is 113 cm³/mol. The van der Waals surface area contributed by atoms with E-state index in [1.807, 2.05) is 13.2 Å². The molecule has 1 aromatic rings. The quantitative estimate of drug-likeness (QED) is 0.438. The van der Waals surface area contributed by atoms with Crippen LogP contribution >= 0.6 is 0 Å². The Balaban J connectivity index is 1.38. The minimum atomic E-state index is 0.743. The molecule has 3 heterocycles. The van der Waals surface area contributed by atoms with Crippen LogP contribution in [0.1, 0.15) is 51.0 Å². The van der Waals surface area contributed by atoms with Crippen molar-refractivity contribution in [2.45, 2.75) is 58.0 Å². The van der Waals surface area contributed by atoms with Gasteiger partial charge in [0.15, 0.2) is 5.96 Å². The number of guanidine groups is 1. The molecule has 6 heteroatoms. The molecule has 27 heavy (non-hydrogen) atoms. The molecule has 2 aliphatic rings. The maximum absolute atomic E-state index is 4.53. The second kappa shape index (κ2) is 10.5. The molecule has 0 aliphatic carbocycles. The van der Waals surface area contributed by atoms with Gasteiger partial charge in [0.1, 0.15) is 5.82 Å². The summed E-state index contributed by atoms with van der Waals surface area (Å²) in [7, 11) is 1.84. The van der Waals surface area contributed by atoms with E-state index in [0.717, 1.165) is 50.4 Å². The van der Waals surface area contributed by atoms with Crippen molar-refractivity contribution < 1.29 is 0 Å². The van der Waals surface area contributed by atoms with Crippen LogP contribution in [-0.4, -0.2) is 61.7 Å². The summed E-state index contributed by atoms with van der Waals surface area (Å²) < 4.78 is 0. The second-order valence-electron chi connectivity index (χ2n) is 7.80. The smallest absolute Gasteiger partial charge is 0.191 e. The highest BCUT2D eigenvalue weighted by Gasteiger charge is 2.17. The molecule has 1 aromatic heterocycles. The first-order valence-corrected chi connectivity index (χ1v) is 10.6. The minimum absolute atomic E-state index is 0.743. The first-order chi connectivity index (χ1) is 13.3. The van der Waals surface area contributed by atoms with Crippen LogP contribution < -0.4 is 15.5 Å². The largest absolute Gasteiger partial charge is 0.357 e. The Morgan fingerprint density at radius 1 is 1.19 bits per heavy atom. The molecule has 1 atom stereocenters. The molecule has 2 saturated heterocycles. The lowest BCUT2D eigenvalue weighted by Crippen LogP contribution is -2.41. The van der Waals surface area contributed by atoms with Gasteiger partial charge >= 0.3 is 0 Å². The zero-order valence-electron chi connectivity index (χ0n) is 17.1. The van der Waals surface area contributed by atoms with Gasteiger partial charge in [0.2, 0.25) is 0 Å². The molecule has 0 saturated carbocycles. The minimum Gasteiger partial charge on any atom is -0.357 e. The predicted octanol–water partition coefficient (Wildman–Crippen LogP) is 2.61. The van der Waals surface area contributed by atoms with Gasteiger partial charge in [-0.2, -0.15) is 0 Å². The van der Waals surface area contributed by atoms with Crippen LogP contribution in [0.2, 0.25) is 0 Å². The standard InChI is InChI=1S/C21H36N6/c1-18-8-3-4-12-26(18)15-7-10-24-21(22-2)25-17-19-9-11-23-20(16-19)27-13-5-6-14-27/h9,11,16,18H,3-8,10,12-15,17H2,1-2H3,(H2,22,24,25). The Morgan fingerprint density at radius 3 is 2.78 bits per heavy atom. The summed E-state index contributed by atoms with van der Waals surface area (Å²) in [6.07, 6.45) is 9.71. The van der Waals surface area contributed by atoms with E-state index in [1.54, 1.807) is 0 Å². The van der Waals surface area contributed by atoms with Crippen molar-refractivity contribution in [1.82, 2.24) is 20.5 Å². The van der Waals surface area contributed by atoms with Crippen molar-refractivity contribution in [2.75, 3.05) is 44.7 Å². The molecule has 0 aromatic carbocycles. The molecule has 2 N–H and O–H groups in total. The maximum atomic E-state index is 4.53. The van der Waals surface area contributed by atoms with Crippen LogP contribution in [0.4, 0.5) is 5.82 Å². The van der Waals surface area contributed by atoms with Crippen molar-refractivity contribution >= 4 is 11.8 Å². The first kappa shape index (κ1) is 19.9. The zero-order chi connectivity index (χ0) is 18.9. The van der Waals surface area contributed by atoms with E-state index in [2.05, 4.69) is 49.5 Å². The second-order valence-corrected chi connectivity index (χ2v) is 7.80. The summed E-state index contributed by atoms with van der Waals surface area (Å²) >= 11 is 0. The Morgan fingerprint density at radius 2 is 2.00 bits per heavy atom. The van der Waals surface area contributed by atoms with Crippen molar-refractivity contribution in [3.63, 3.8) is 0 Å². The van der Waals surface area contributed by atoms with Gasteiger partial charge in [-0.25, -0.2) is 4.98 Å². The Bertz CT molecular complexity index is 596. The third kappa shape index (κ3) is 6.09. The van der Waals surface area contributed by atoms with Gasteiger partial charge in [-0.1, -0.05) is 6.42 Å². The van der Waals surface area contributed by atoms with E-state index in [-0.39, 0.29) is 0 Å². The van der Waals surface area contributed by atoms with Crippen LogP contribution in [0.5, 0.6) is 0 Å². The molecular formula is C21H36N6. The fourth-order valence-corrected chi connectivity index (χ4v) is 4.07. The fraction of sp³-hybridized carbons (Fsp3) is 0.714. The van der Waals surface area contributed by atoms with Crippen LogP contribution in [0.15, 0.2) is 23.3 Å². The monoisotopic (exact) mass is 372 g/mol. The molecule has 0 amide bonds. The molecule has 2 fully saturated rings. The van der Waals surface area contributed by atoms with E-state index < -0.39 is 0 Å². The number of aliphatic imine (C=N–C) groups is 1. The molecule has 0 spiro atoms. The van der Waals surface area contributed by atoms with Crippen LogP contribution in [0.3, 0.4) is 0 Å². The molecule has 2 aliphatic heterocycles. The van der Waals surface area contributed by atoms with Crippen molar-refractivity contribution in [3.8, 4) is 0 Å². The van der Waals surface area contributed by atoms with Gasteiger partial charge in [-0.3, -0.25) is 4.99 Å². The number of anilines is 1. The van der Waals surface area contributed by atoms with E-state index in [9.17, 15) is 0 Å². The molecule has 150 valence electrons. The zero-order valence-corrected chi connectivity index (χ0v) is 17.1. The van der Waals surface area contributed by atoms with Crippen molar-refractivity contribution in [3.05, 3.63) is 23.9 Å². The highest BCUT2D eigenvalue weighted by molar-refractivity contribution is 5.79. The summed E-state index contributed by atoms with van der Waals surface area (Å²) in [5, 5.41) is 6.88. The number of pyridine rings is 1. The van der Waals surface area contributed by atoms with Crippen molar-refractivity contribution in [2.24, 2.45) is 4.99 Å². The third-order valence-electron chi connectivity index (χ3n) is 5.78. The number of piperidine rings is 1. The van der Waals surface area contributed by atoms with Gasteiger partial charge < -0.3 is 20.4 Å². The highest BCUT2D eigenvalue weighted by atomic mass is 15.2. The molecule has 6 nitrogen and oxygen atoms in total. The highest BCUT2D eigenvalue weighted by Crippen LogP contribution is 2.18.